The summed E-state index contributed by atoms with van der Waals surface area (Å²) in [4.78, 5) is 0. The van der Waals surface area contributed by atoms with Crippen LogP contribution < -0.4 is 0 Å². The third-order valence-corrected chi connectivity index (χ3v) is 3.55. The summed E-state index contributed by atoms with van der Waals surface area (Å²) in [6.07, 6.45) is 0.828. The molecule has 0 heterocycles. The summed E-state index contributed by atoms with van der Waals surface area (Å²) in [5, 5.41) is 0. The molecule has 0 spiro atoms. The highest BCUT2D eigenvalue weighted by Gasteiger charge is 2.34. The molecule has 3 heteroatoms. The second-order valence-corrected chi connectivity index (χ2v) is 6.16. The Hall–Kier alpha value is -0.405. The predicted octanol–water partition coefficient (Wildman–Crippen LogP) is 3.31. The molecule has 1 rings (SSSR count). The normalized spacial score (nSPS) is 12.6. The molecule has 0 aliphatic rings. The smallest absolute Gasteiger partial charge is 0.297 e. The fourth-order valence-corrected chi connectivity index (χ4v) is 1.16. The topological polar surface area (TPSA) is 9.23 Å². The first-order valence-electron chi connectivity index (χ1n) is 5.59. The third kappa shape index (κ3) is 3.87. The van der Waals surface area contributed by atoms with Gasteiger partial charge >= 0.3 is 0 Å². The first kappa shape index (κ1) is 13.7. The molecule has 0 bridgehead atoms. The van der Waals surface area contributed by atoms with E-state index in [0.29, 0.717) is 0 Å². The SMILES string of the molecule is CC(C)(S)C(C)(C)O[B]Cc1ccccc1. The molecule has 0 atom stereocenters. The molecule has 87 valence electrons. The highest BCUT2D eigenvalue weighted by molar-refractivity contribution is 7.81. The Morgan fingerprint density at radius 1 is 1.12 bits per heavy atom. The predicted molar refractivity (Wildman–Crippen MR) is 74.1 cm³/mol. The zero-order chi connectivity index (χ0) is 12.2. The summed E-state index contributed by atoms with van der Waals surface area (Å²) < 4.78 is 5.63. The van der Waals surface area contributed by atoms with Crippen molar-refractivity contribution < 1.29 is 4.65 Å². The van der Waals surface area contributed by atoms with Gasteiger partial charge in [-0.2, -0.15) is 12.6 Å². The lowest BCUT2D eigenvalue weighted by atomic mass is 9.85. The minimum absolute atomic E-state index is 0.166. The second kappa shape index (κ2) is 5.28. The molecule has 1 aromatic rings. The maximum atomic E-state index is 5.80. The van der Waals surface area contributed by atoms with Crippen LogP contribution >= 0.6 is 12.6 Å². The largest absolute Gasteiger partial charge is 0.434 e. The van der Waals surface area contributed by atoms with Gasteiger partial charge in [0.1, 0.15) is 0 Å². The van der Waals surface area contributed by atoms with E-state index in [2.05, 4.69) is 52.5 Å². The van der Waals surface area contributed by atoms with E-state index in [4.69, 9.17) is 4.65 Å². The lowest BCUT2D eigenvalue weighted by Crippen LogP contribution is -2.44. The zero-order valence-corrected chi connectivity index (χ0v) is 11.4. The number of hydrogen-bond acceptors (Lipinski definition) is 2. The Bertz CT molecular complexity index is 316. The lowest BCUT2D eigenvalue weighted by molar-refractivity contribution is 0.0823. The fraction of sp³-hybridized carbons (Fsp3) is 0.538. The van der Waals surface area contributed by atoms with E-state index in [-0.39, 0.29) is 10.3 Å². The van der Waals surface area contributed by atoms with Crippen LogP contribution in [0, 0.1) is 0 Å². The molecule has 0 fully saturated rings. The summed E-state index contributed by atoms with van der Waals surface area (Å²) in [7, 11) is 1.87. The molecule has 0 aromatic heterocycles. The third-order valence-electron chi connectivity index (χ3n) is 3.01. The summed E-state index contributed by atoms with van der Waals surface area (Å²) in [6.45, 7) is 8.24. The van der Waals surface area contributed by atoms with Gasteiger partial charge in [-0.25, -0.2) is 0 Å². The lowest BCUT2D eigenvalue weighted by Gasteiger charge is -2.38. The van der Waals surface area contributed by atoms with Gasteiger partial charge in [0.25, 0.3) is 7.48 Å². The summed E-state index contributed by atoms with van der Waals surface area (Å²) in [5.41, 5.74) is 0.987. The molecular weight excluding hydrogens is 215 g/mol. The van der Waals surface area contributed by atoms with E-state index in [0.717, 1.165) is 6.32 Å². The minimum Gasteiger partial charge on any atom is -0.434 e. The monoisotopic (exact) mass is 235 g/mol. The second-order valence-electron chi connectivity index (χ2n) is 5.04. The van der Waals surface area contributed by atoms with Crippen LogP contribution in [0.2, 0.25) is 0 Å². The molecule has 0 N–H and O–H groups in total. The molecule has 0 saturated heterocycles. The molecular formula is C13H20BOS. The Labute approximate surface area is 105 Å². The van der Waals surface area contributed by atoms with Gasteiger partial charge in [0.2, 0.25) is 0 Å². The number of hydrogen-bond donors (Lipinski definition) is 1. The van der Waals surface area contributed by atoms with Crippen LogP contribution in [0.1, 0.15) is 33.3 Å². The molecule has 0 aliphatic heterocycles. The van der Waals surface area contributed by atoms with Crippen molar-refractivity contribution in [2.75, 3.05) is 0 Å². The Kier molecular flexibility index (Phi) is 4.51. The van der Waals surface area contributed by atoms with E-state index in [1.54, 1.807) is 0 Å². The molecule has 16 heavy (non-hydrogen) atoms. The molecule has 1 nitrogen and oxygen atoms in total. The molecule has 0 amide bonds. The molecule has 1 aromatic carbocycles. The van der Waals surface area contributed by atoms with Crippen molar-refractivity contribution in [3.8, 4) is 0 Å². The first-order chi connectivity index (χ1) is 7.33. The van der Waals surface area contributed by atoms with Crippen LogP contribution in [0.25, 0.3) is 0 Å². The van der Waals surface area contributed by atoms with Crippen molar-refractivity contribution in [2.24, 2.45) is 0 Å². The summed E-state index contributed by atoms with van der Waals surface area (Å²) >= 11 is 4.55. The van der Waals surface area contributed by atoms with Crippen molar-refractivity contribution in [2.45, 2.75) is 44.4 Å². The molecule has 1 radical (unpaired) electrons. The van der Waals surface area contributed by atoms with Crippen molar-refractivity contribution >= 4 is 20.1 Å². The van der Waals surface area contributed by atoms with Crippen LogP contribution in [0.3, 0.4) is 0 Å². The minimum atomic E-state index is -0.273. The van der Waals surface area contributed by atoms with Gasteiger partial charge in [0.05, 0.1) is 5.60 Å². The molecule has 0 aliphatic carbocycles. The van der Waals surface area contributed by atoms with Crippen molar-refractivity contribution in [1.29, 1.82) is 0 Å². The standard InChI is InChI=1S/C13H20BOS/c1-12(2,13(3,4)16)15-14-10-11-8-6-5-7-9-11/h5-9,16H,10H2,1-4H3. The van der Waals surface area contributed by atoms with Gasteiger partial charge in [0, 0.05) is 4.75 Å². The van der Waals surface area contributed by atoms with Crippen molar-refractivity contribution in [3.63, 3.8) is 0 Å². The van der Waals surface area contributed by atoms with Crippen LogP contribution in [0.4, 0.5) is 0 Å². The first-order valence-corrected chi connectivity index (χ1v) is 6.03. The highest BCUT2D eigenvalue weighted by atomic mass is 32.1. The zero-order valence-electron chi connectivity index (χ0n) is 10.5. The Morgan fingerprint density at radius 3 is 2.19 bits per heavy atom. The molecule has 0 unspecified atom stereocenters. The van der Waals surface area contributed by atoms with E-state index >= 15 is 0 Å². The van der Waals surface area contributed by atoms with Crippen molar-refractivity contribution in [1.82, 2.24) is 0 Å². The summed E-state index contributed by atoms with van der Waals surface area (Å²) in [5.74, 6) is 0. The van der Waals surface area contributed by atoms with E-state index in [9.17, 15) is 0 Å². The Balaban J connectivity index is 2.42. The number of rotatable bonds is 5. The highest BCUT2D eigenvalue weighted by Crippen LogP contribution is 2.30. The summed E-state index contributed by atoms with van der Waals surface area (Å²) in [6, 6.07) is 10.3. The average molecular weight is 235 g/mol. The molecule has 0 saturated carbocycles. The number of thiol groups is 1. The van der Waals surface area contributed by atoms with Gasteiger partial charge in [-0.1, -0.05) is 35.9 Å². The Morgan fingerprint density at radius 2 is 1.69 bits per heavy atom. The van der Waals surface area contributed by atoms with E-state index < -0.39 is 0 Å². The fourth-order valence-electron chi connectivity index (χ4n) is 1.10. The van der Waals surface area contributed by atoms with Gasteiger partial charge in [-0.05, 0) is 34.0 Å². The van der Waals surface area contributed by atoms with Crippen molar-refractivity contribution in [3.05, 3.63) is 35.9 Å². The maximum Gasteiger partial charge on any atom is 0.297 e. The van der Waals surface area contributed by atoms with E-state index in [1.165, 1.54) is 5.56 Å². The van der Waals surface area contributed by atoms with Crippen LogP contribution in [0.5, 0.6) is 0 Å². The van der Waals surface area contributed by atoms with Gasteiger partial charge < -0.3 is 4.65 Å². The quantitative estimate of drug-likeness (QED) is 0.608. The average Bonchev–Trinajstić information content (AvgIpc) is 2.17. The maximum absolute atomic E-state index is 5.80. The van der Waals surface area contributed by atoms with Crippen LogP contribution in [0.15, 0.2) is 30.3 Å². The van der Waals surface area contributed by atoms with Crippen LogP contribution in [-0.2, 0) is 11.0 Å². The van der Waals surface area contributed by atoms with Gasteiger partial charge in [0.15, 0.2) is 0 Å². The van der Waals surface area contributed by atoms with Gasteiger partial charge in [-0.15, -0.1) is 0 Å². The van der Waals surface area contributed by atoms with E-state index in [1.807, 2.05) is 25.7 Å². The van der Waals surface area contributed by atoms with Gasteiger partial charge in [-0.3, -0.25) is 0 Å². The number of benzene rings is 1. The van der Waals surface area contributed by atoms with Crippen LogP contribution in [-0.4, -0.2) is 17.8 Å².